The molecular formula is C15H29N3O. The van der Waals surface area contributed by atoms with Crippen LogP contribution in [0.4, 0.5) is 0 Å². The molecule has 1 saturated carbocycles. The number of nitrogens with zero attached hydrogens (tertiary/aromatic N) is 1. The van der Waals surface area contributed by atoms with Crippen LogP contribution in [0.5, 0.6) is 0 Å². The predicted molar refractivity (Wildman–Crippen MR) is 77.8 cm³/mol. The van der Waals surface area contributed by atoms with Crippen LogP contribution >= 0.6 is 0 Å². The summed E-state index contributed by atoms with van der Waals surface area (Å²) in [5.41, 5.74) is 6.11. The number of nitrogens with one attached hydrogen (secondary N) is 1. The number of carbonyl (C=O) groups excluding carboxylic acids is 1. The van der Waals surface area contributed by atoms with E-state index in [1.807, 2.05) is 0 Å². The van der Waals surface area contributed by atoms with E-state index < -0.39 is 0 Å². The van der Waals surface area contributed by atoms with Gasteiger partial charge in [0.2, 0.25) is 5.91 Å². The second-order valence-electron chi connectivity index (χ2n) is 6.29. The van der Waals surface area contributed by atoms with Gasteiger partial charge in [0.05, 0.1) is 5.92 Å². The molecule has 0 aromatic carbocycles. The van der Waals surface area contributed by atoms with Crippen molar-refractivity contribution in [1.82, 2.24) is 10.2 Å². The Morgan fingerprint density at radius 2 is 2.00 bits per heavy atom. The second-order valence-corrected chi connectivity index (χ2v) is 6.29. The van der Waals surface area contributed by atoms with E-state index in [9.17, 15) is 4.79 Å². The Kier molecular flexibility index (Phi) is 5.64. The lowest BCUT2D eigenvalue weighted by Gasteiger charge is -2.33. The van der Waals surface area contributed by atoms with Crippen LogP contribution in [0.3, 0.4) is 0 Å². The van der Waals surface area contributed by atoms with Crippen molar-refractivity contribution in [3.8, 4) is 0 Å². The zero-order valence-electron chi connectivity index (χ0n) is 12.2. The molecule has 1 heterocycles. The Hall–Kier alpha value is -0.610. The molecule has 19 heavy (non-hydrogen) atoms. The molecule has 0 bridgehead atoms. The van der Waals surface area contributed by atoms with E-state index in [0.29, 0.717) is 5.92 Å². The fraction of sp³-hybridized carbons (Fsp3) is 0.933. The molecule has 0 aromatic rings. The third-order valence-corrected chi connectivity index (χ3v) is 4.72. The average molecular weight is 267 g/mol. The quantitative estimate of drug-likeness (QED) is 0.739. The lowest BCUT2D eigenvalue weighted by Crippen LogP contribution is -2.47. The van der Waals surface area contributed by atoms with E-state index in [4.69, 9.17) is 5.73 Å². The Labute approximate surface area is 117 Å². The molecule has 4 nitrogen and oxygen atoms in total. The maximum atomic E-state index is 12.2. The van der Waals surface area contributed by atoms with Crippen molar-refractivity contribution in [2.45, 2.75) is 51.5 Å². The fourth-order valence-electron chi connectivity index (χ4n) is 3.55. The van der Waals surface area contributed by atoms with E-state index in [2.05, 4.69) is 17.1 Å². The average Bonchev–Trinajstić information content (AvgIpc) is 2.87. The van der Waals surface area contributed by atoms with Gasteiger partial charge in [-0.25, -0.2) is 0 Å². The zero-order valence-corrected chi connectivity index (χ0v) is 12.2. The molecule has 1 saturated heterocycles. The molecule has 1 amide bonds. The molecule has 3 N–H and O–H groups in total. The highest BCUT2D eigenvalue weighted by Crippen LogP contribution is 2.28. The van der Waals surface area contributed by atoms with Crippen molar-refractivity contribution in [3.63, 3.8) is 0 Å². The maximum absolute atomic E-state index is 12.2. The molecule has 2 aliphatic rings. The fourth-order valence-corrected chi connectivity index (χ4v) is 3.55. The van der Waals surface area contributed by atoms with E-state index >= 15 is 0 Å². The number of rotatable bonds is 5. The molecule has 4 heteroatoms. The number of hydrogen-bond acceptors (Lipinski definition) is 3. The van der Waals surface area contributed by atoms with Crippen molar-refractivity contribution < 1.29 is 4.79 Å². The Morgan fingerprint density at radius 3 is 2.68 bits per heavy atom. The SMILES string of the molecule is CC1CCCC(N)C1C(=O)NCCCN1CCCC1. The van der Waals surface area contributed by atoms with Crippen molar-refractivity contribution >= 4 is 5.91 Å². The van der Waals surface area contributed by atoms with Crippen LogP contribution in [-0.2, 0) is 4.79 Å². The number of carbonyl (C=O) groups is 1. The van der Waals surface area contributed by atoms with Gasteiger partial charge in [-0.05, 0) is 57.7 Å². The van der Waals surface area contributed by atoms with Gasteiger partial charge >= 0.3 is 0 Å². The molecule has 0 radical (unpaired) electrons. The van der Waals surface area contributed by atoms with Crippen molar-refractivity contribution in [2.24, 2.45) is 17.6 Å². The number of amides is 1. The predicted octanol–water partition coefficient (Wildman–Crippen LogP) is 1.35. The molecule has 2 fully saturated rings. The van der Waals surface area contributed by atoms with Crippen LogP contribution in [0.15, 0.2) is 0 Å². The first-order chi connectivity index (χ1) is 9.18. The van der Waals surface area contributed by atoms with Crippen molar-refractivity contribution in [3.05, 3.63) is 0 Å². The second kappa shape index (κ2) is 7.25. The van der Waals surface area contributed by atoms with Gasteiger partial charge in [-0.15, -0.1) is 0 Å². The van der Waals surface area contributed by atoms with E-state index in [-0.39, 0.29) is 17.9 Å². The lowest BCUT2D eigenvalue weighted by atomic mass is 9.76. The van der Waals surface area contributed by atoms with Crippen molar-refractivity contribution in [2.75, 3.05) is 26.2 Å². The summed E-state index contributed by atoms with van der Waals surface area (Å²) < 4.78 is 0. The maximum Gasteiger partial charge on any atom is 0.224 e. The molecule has 1 aliphatic carbocycles. The van der Waals surface area contributed by atoms with Gasteiger partial charge in [0.25, 0.3) is 0 Å². The monoisotopic (exact) mass is 267 g/mol. The van der Waals surface area contributed by atoms with Crippen LogP contribution in [0.1, 0.15) is 45.4 Å². The first kappa shape index (κ1) is 14.8. The highest BCUT2D eigenvalue weighted by molar-refractivity contribution is 5.79. The van der Waals surface area contributed by atoms with E-state index in [1.165, 1.54) is 32.4 Å². The third-order valence-electron chi connectivity index (χ3n) is 4.72. The molecule has 110 valence electrons. The third kappa shape index (κ3) is 4.18. The normalized spacial score (nSPS) is 32.4. The molecule has 2 rings (SSSR count). The first-order valence-electron chi connectivity index (χ1n) is 7.94. The van der Waals surface area contributed by atoms with Crippen LogP contribution in [-0.4, -0.2) is 43.0 Å². The highest BCUT2D eigenvalue weighted by Gasteiger charge is 2.33. The lowest BCUT2D eigenvalue weighted by molar-refractivity contribution is -0.128. The molecular weight excluding hydrogens is 238 g/mol. The topological polar surface area (TPSA) is 58.4 Å². The van der Waals surface area contributed by atoms with Gasteiger partial charge in [-0.3, -0.25) is 4.79 Å². The summed E-state index contributed by atoms with van der Waals surface area (Å²) in [5, 5.41) is 3.09. The Balaban J connectivity index is 1.65. The molecule has 3 atom stereocenters. The van der Waals surface area contributed by atoms with Gasteiger partial charge in [-0.2, -0.15) is 0 Å². The van der Waals surface area contributed by atoms with Crippen LogP contribution < -0.4 is 11.1 Å². The number of likely N-dealkylation sites (tertiary alicyclic amines) is 1. The summed E-state index contributed by atoms with van der Waals surface area (Å²) in [5.74, 6) is 0.643. The van der Waals surface area contributed by atoms with E-state index in [0.717, 1.165) is 32.4 Å². The standard InChI is InChI=1S/C15H29N3O/c1-12-6-4-7-13(16)14(12)15(19)17-8-5-11-18-9-2-3-10-18/h12-14H,2-11,16H2,1H3,(H,17,19). The van der Waals surface area contributed by atoms with Crippen molar-refractivity contribution in [1.29, 1.82) is 0 Å². The summed E-state index contributed by atoms with van der Waals surface area (Å²) in [6, 6.07) is 0.0577. The summed E-state index contributed by atoms with van der Waals surface area (Å²) in [6.07, 6.45) is 7.03. The van der Waals surface area contributed by atoms with Gasteiger partial charge in [0, 0.05) is 12.6 Å². The number of hydrogen-bond donors (Lipinski definition) is 2. The summed E-state index contributed by atoms with van der Waals surface area (Å²) >= 11 is 0. The Bertz CT molecular complexity index is 279. The summed E-state index contributed by atoms with van der Waals surface area (Å²) in [7, 11) is 0. The largest absolute Gasteiger partial charge is 0.356 e. The smallest absolute Gasteiger partial charge is 0.224 e. The molecule has 0 aromatic heterocycles. The van der Waals surface area contributed by atoms with Gasteiger partial charge in [-0.1, -0.05) is 13.3 Å². The van der Waals surface area contributed by atoms with Gasteiger partial charge < -0.3 is 16.0 Å². The van der Waals surface area contributed by atoms with Crippen LogP contribution in [0.2, 0.25) is 0 Å². The Morgan fingerprint density at radius 1 is 1.26 bits per heavy atom. The molecule has 1 aliphatic heterocycles. The van der Waals surface area contributed by atoms with Crippen LogP contribution in [0.25, 0.3) is 0 Å². The zero-order chi connectivity index (χ0) is 13.7. The summed E-state index contributed by atoms with van der Waals surface area (Å²) in [6.45, 7) is 6.54. The number of nitrogens with two attached hydrogens (primary N) is 1. The summed E-state index contributed by atoms with van der Waals surface area (Å²) in [4.78, 5) is 14.7. The first-order valence-corrected chi connectivity index (χ1v) is 7.94. The minimum atomic E-state index is 0.0283. The van der Waals surface area contributed by atoms with Gasteiger partial charge in [0.15, 0.2) is 0 Å². The van der Waals surface area contributed by atoms with Crippen LogP contribution in [0, 0.1) is 11.8 Å². The minimum absolute atomic E-state index is 0.0283. The van der Waals surface area contributed by atoms with Gasteiger partial charge in [0.1, 0.15) is 0 Å². The van der Waals surface area contributed by atoms with E-state index in [1.54, 1.807) is 0 Å². The highest BCUT2D eigenvalue weighted by atomic mass is 16.1. The molecule has 0 spiro atoms. The molecule has 3 unspecified atom stereocenters. The minimum Gasteiger partial charge on any atom is -0.356 e.